The number of carbonyl (C=O) groups excluding carboxylic acids is 2. The van der Waals surface area contributed by atoms with Crippen molar-refractivity contribution >= 4 is 28.7 Å². The number of para-hydroxylation sites is 1. The third-order valence-electron chi connectivity index (χ3n) is 5.70. The van der Waals surface area contributed by atoms with Crippen LogP contribution in [0, 0.1) is 0 Å². The molecule has 4 aromatic rings. The van der Waals surface area contributed by atoms with E-state index < -0.39 is 5.97 Å². The summed E-state index contributed by atoms with van der Waals surface area (Å²) in [5, 5.41) is 1.02. The van der Waals surface area contributed by atoms with E-state index in [4.69, 9.17) is 18.9 Å². The number of allylic oxidation sites excluding steroid dienone is 1. The Balaban J connectivity index is 1.43. The van der Waals surface area contributed by atoms with Crippen LogP contribution in [-0.2, 0) is 7.05 Å². The van der Waals surface area contributed by atoms with E-state index in [2.05, 4.69) is 0 Å². The van der Waals surface area contributed by atoms with E-state index in [1.165, 1.54) is 20.3 Å². The molecule has 0 radical (unpaired) electrons. The highest BCUT2D eigenvalue weighted by Crippen LogP contribution is 2.37. The Kier molecular flexibility index (Phi) is 5.30. The fourth-order valence-corrected chi connectivity index (χ4v) is 4.07. The summed E-state index contributed by atoms with van der Waals surface area (Å²) in [7, 11) is 4.88. The summed E-state index contributed by atoms with van der Waals surface area (Å²) in [6.07, 6.45) is 3.68. The Morgan fingerprint density at radius 3 is 2.44 bits per heavy atom. The first-order valence-electron chi connectivity index (χ1n) is 10.6. The lowest BCUT2D eigenvalue weighted by Gasteiger charge is -2.12. The maximum absolute atomic E-state index is 12.9. The number of ketones is 1. The van der Waals surface area contributed by atoms with Crippen molar-refractivity contribution in [1.29, 1.82) is 0 Å². The second-order valence-corrected chi connectivity index (χ2v) is 7.74. The molecule has 0 saturated carbocycles. The number of hydrogen-bond acceptors (Lipinski definition) is 6. The molecule has 34 heavy (non-hydrogen) atoms. The van der Waals surface area contributed by atoms with E-state index in [0.29, 0.717) is 22.8 Å². The zero-order valence-electron chi connectivity index (χ0n) is 18.8. The van der Waals surface area contributed by atoms with Crippen LogP contribution in [0.2, 0.25) is 0 Å². The number of fused-ring (bicyclic) bond motifs is 2. The first-order valence-corrected chi connectivity index (χ1v) is 10.6. The molecule has 0 fully saturated rings. The van der Waals surface area contributed by atoms with Gasteiger partial charge in [0.15, 0.2) is 5.76 Å². The number of esters is 1. The van der Waals surface area contributed by atoms with Gasteiger partial charge in [-0.1, -0.05) is 24.3 Å². The molecule has 1 aliphatic heterocycles. The van der Waals surface area contributed by atoms with Gasteiger partial charge in [-0.2, -0.15) is 0 Å². The summed E-state index contributed by atoms with van der Waals surface area (Å²) < 4.78 is 24.0. The topological polar surface area (TPSA) is 76.0 Å². The number of nitrogens with zero attached hydrogens (tertiary/aromatic N) is 1. The largest absolute Gasteiger partial charge is 0.496 e. The normalized spacial score (nSPS) is 13.6. The van der Waals surface area contributed by atoms with E-state index >= 15 is 0 Å². The van der Waals surface area contributed by atoms with Crippen LogP contribution in [-0.4, -0.2) is 30.5 Å². The van der Waals surface area contributed by atoms with Crippen molar-refractivity contribution in [2.45, 2.75) is 0 Å². The quantitative estimate of drug-likeness (QED) is 0.239. The summed E-state index contributed by atoms with van der Waals surface area (Å²) in [5.74, 6) is 0.553. The predicted molar refractivity (Wildman–Crippen MR) is 127 cm³/mol. The van der Waals surface area contributed by atoms with Crippen LogP contribution in [0.25, 0.3) is 17.0 Å². The average Bonchev–Trinajstić information content (AvgIpc) is 3.34. The van der Waals surface area contributed by atoms with Gasteiger partial charge in [-0.05, 0) is 36.4 Å². The fourth-order valence-electron chi connectivity index (χ4n) is 4.07. The van der Waals surface area contributed by atoms with Crippen molar-refractivity contribution in [2.24, 2.45) is 7.05 Å². The molecule has 0 amide bonds. The highest BCUT2D eigenvalue weighted by Gasteiger charge is 2.29. The number of benzene rings is 3. The first-order chi connectivity index (χ1) is 16.5. The molecule has 0 bridgehead atoms. The lowest BCUT2D eigenvalue weighted by Crippen LogP contribution is -2.12. The zero-order chi connectivity index (χ0) is 23.8. The van der Waals surface area contributed by atoms with Crippen LogP contribution in [0.4, 0.5) is 0 Å². The van der Waals surface area contributed by atoms with Gasteiger partial charge in [0.1, 0.15) is 28.6 Å². The molecule has 0 N–H and O–H groups in total. The molecular formula is C27H21NO6. The number of methoxy groups -OCH3 is 2. The molecule has 1 aliphatic rings. The highest BCUT2D eigenvalue weighted by atomic mass is 16.5. The monoisotopic (exact) mass is 455 g/mol. The SMILES string of the molecule is COc1cccc(OC)c1C(=O)Oc1ccc2c(c1)O/C(=C\c1cn(C)c3ccccc13)C2=O. The fraction of sp³-hybridized carbons (Fsp3) is 0.111. The maximum atomic E-state index is 12.9. The Morgan fingerprint density at radius 2 is 1.71 bits per heavy atom. The standard InChI is InChI=1S/C27H21NO6/c1-28-15-16(18-7-4-5-8-20(18)28)13-24-26(29)19-12-11-17(14-23(19)34-24)33-27(30)25-21(31-2)9-6-10-22(25)32-3/h4-15H,1-3H3/b24-13-. The van der Waals surface area contributed by atoms with E-state index in [9.17, 15) is 9.59 Å². The Bertz CT molecular complexity index is 1460. The smallest absolute Gasteiger partial charge is 0.351 e. The van der Waals surface area contributed by atoms with Gasteiger partial charge in [-0.25, -0.2) is 4.79 Å². The molecule has 3 aromatic carbocycles. The van der Waals surface area contributed by atoms with Crippen molar-refractivity contribution in [2.75, 3.05) is 14.2 Å². The number of aryl methyl sites for hydroxylation is 1. The van der Waals surface area contributed by atoms with Gasteiger partial charge in [-0.3, -0.25) is 4.79 Å². The van der Waals surface area contributed by atoms with Crippen molar-refractivity contribution in [3.8, 4) is 23.0 Å². The molecule has 170 valence electrons. The lowest BCUT2D eigenvalue weighted by molar-refractivity contribution is 0.0727. The number of hydrogen-bond donors (Lipinski definition) is 0. The number of rotatable bonds is 5. The molecule has 7 nitrogen and oxygen atoms in total. The van der Waals surface area contributed by atoms with Crippen LogP contribution < -0.4 is 18.9 Å². The van der Waals surface area contributed by atoms with Gasteiger partial charge >= 0.3 is 5.97 Å². The van der Waals surface area contributed by atoms with Crippen LogP contribution in [0.3, 0.4) is 0 Å². The Morgan fingerprint density at radius 1 is 0.971 bits per heavy atom. The number of aromatic nitrogens is 1. The van der Waals surface area contributed by atoms with Gasteiger partial charge < -0.3 is 23.5 Å². The first kappa shape index (κ1) is 21.3. The Hall–Kier alpha value is -4.52. The molecule has 0 aliphatic carbocycles. The summed E-state index contributed by atoms with van der Waals surface area (Å²) in [4.78, 5) is 25.8. The molecule has 2 heterocycles. The lowest BCUT2D eigenvalue weighted by atomic mass is 10.1. The summed E-state index contributed by atoms with van der Waals surface area (Å²) in [5.41, 5.74) is 2.50. The Labute approximate surface area is 195 Å². The van der Waals surface area contributed by atoms with Gasteiger partial charge in [-0.15, -0.1) is 0 Å². The molecule has 0 spiro atoms. The van der Waals surface area contributed by atoms with Crippen LogP contribution in [0.1, 0.15) is 26.3 Å². The van der Waals surface area contributed by atoms with Crippen molar-refractivity contribution < 1.29 is 28.5 Å². The molecule has 7 heteroatoms. The molecule has 0 unspecified atom stereocenters. The minimum atomic E-state index is -0.648. The second-order valence-electron chi connectivity index (χ2n) is 7.74. The van der Waals surface area contributed by atoms with Gasteiger partial charge in [0.25, 0.3) is 0 Å². The minimum absolute atomic E-state index is 0.168. The van der Waals surface area contributed by atoms with E-state index in [1.54, 1.807) is 36.4 Å². The van der Waals surface area contributed by atoms with E-state index in [-0.39, 0.29) is 22.9 Å². The summed E-state index contributed by atoms with van der Waals surface area (Å²) in [6.45, 7) is 0. The van der Waals surface area contributed by atoms with Gasteiger partial charge in [0, 0.05) is 35.8 Å². The molecule has 0 atom stereocenters. The number of Topliss-reactive ketones (excluding diaryl/α,β-unsaturated/α-hetero) is 1. The maximum Gasteiger partial charge on any atom is 0.351 e. The van der Waals surface area contributed by atoms with Gasteiger partial charge in [0.05, 0.1) is 19.8 Å². The second kappa shape index (κ2) is 8.44. The average molecular weight is 455 g/mol. The molecule has 0 saturated heterocycles. The van der Waals surface area contributed by atoms with E-state index in [1.807, 2.05) is 42.1 Å². The van der Waals surface area contributed by atoms with Gasteiger partial charge in [0.2, 0.25) is 5.78 Å². The van der Waals surface area contributed by atoms with Crippen LogP contribution in [0.5, 0.6) is 23.0 Å². The third kappa shape index (κ3) is 3.57. The minimum Gasteiger partial charge on any atom is -0.496 e. The highest BCUT2D eigenvalue weighted by molar-refractivity contribution is 6.15. The van der Waals surface area contributed by atoms with Crippen molar-refractivity contribution in [3.63, 3.8) is 0 Å². The predicted octanol–water partition coefficient (Wildman–Crippen LogP) is 5.03. The summed E-state index contributed by atoms with van der Waals surface area (Å²) in [6, 6.07) is 17.6. The van der Waals surface area contributed by atoms with Crippen LogP contribution >= 0.6 is 0 Å². The zero-order valence-corrected chi connectivity index (χ0v) is 18.8. The summed E-state index contributed by atoms with van der Waals surface area (Å²) >= 11 is 0. The molecule has 5 rings (SSSR count). The molecule has 1 aromatic heterocycles. The van der Waals surface area contributed by atoms with Crippen LogP contribution in [0.15, 0.2) is 72.6 Å². The molecular weight excluding hydrogens is 434 g/mol. The van der Waals surface area contributed by atoms with E-state index in [0.717, 1.165) is 16.5 Å². The van der Waals surface area contributed by atoms with Crippen molar-refractivity contribution in [1.82, 2.24) is 4.57 Å². The number of carbonyl (C=O) groups is 2. The number of ether oxygens (including phenoxy) is 4. The van der Waals surface area contributed by atoms with Crippen molar-refractivity contribution in [3.05, 3.63) is 89.3 Å². The third-order valence-corrected chi connectivity index (χ3v) is 5.70.